The Hall–Kier alpha value is -3.05. The van der Waals surface area contributed by atoms with Gasteiger partial charge in [0.1, 0.15) is 6.21 Å². The van der Waals surface area contributed by atoms with E-state index in [1.54, 1.807) is 12.4 Å². The van der Waals surface area contributed by atoms with Gasteiger partial charge in [0.2, 0.25) is 0 Å². The third-order valence-corrected chi connectivity index (χ3v) is 4.01. The number of hydrogen-bond donors (Lipinski definition) is 1. The molecule has 4 rings (SSSR count). The molecule has 0 fully saturated rings. The van der Waals surface area contributed by atoms with E-state index in [9.17, 15) is 0 Å². The highest BCUT2D eigenvalue weighted by atomic mass is 15.7. The number of rotatable bonds is 2. The van der Waals surface area contributed by atoms with E-state index in [1.807, 2.05) is 36.5 Å². The molecule has 2 heterocycles. The van der Waals surface area contributed by atoms with Crippen molar-refractivity contribution in [2.45, 2.75) is 13.8 Å². The summed E-state index contributed by atoms with van der Waals surface area (Å²) in [6.07, 6.45) is 5.45. The molecule has 0 bridgehead atoms. The molecule has 118 valence electrons. The fourth-order valence-corrected chi connectivity index (χ4v) is 3.04. The Labute approximate surface area is 141 Å². The van der Waals surface area contributed by atoms with Crippen LogP contribution >= 0.6 is 0 Å². The van der Waals surface area contributed by atoms with Crippen LogP contribution in [0.4, 0.5) is 11.4 Å². The quantitative estimate of drug-likeness (QED) is 0.838. The lowest BCUT2D eigenvalue weighted by Gasteiger charge is -2.23. The highest BCUT2D eigenvalue weighted by molar-refractivity contribution is 6.38. The van der Waals surface area contributed by atoms with Gasteiger partial charge in [-0.25, -0.2) is 0 Å². The van der Waals surface area contributed by atoms with Gasteiger partial charge in [-0.3, -0.25) is 4.99 Å². The summed E-state index contributed by atoms with van der Waals surface area (Å²) in [6.45, 7) is 4.16. The van der Waals surface area contributed by atoms with Crippen molar-refractivity contribution in [1.82, 2.24) is 4.59 Å². The number of aliphatic imine (C=N–C) groups is 2. The highest BCUT2D eigenvalue weighted by Crippen LogP contribution is 2.30. The molecule has 0 spiro atoms. The molecule has 24 heavy (non-hydrogen) atoms. The smallest absolute Gasteiger partial charge is 0.287 e. The highest BCUT2D eigenvalue weighted by Gasteiger charge is 2.42. The number of quaternary nitrogens is 1. The summed E-state index contributed by atoms with van der Waals surface area (Å²) in [5.74, 6) is 1.35. The van der Waals surface area contributed by atoms with Crippen molar-refractivity contribution in [2.24, 2.45) is 15.1 Å². The van der Waals surface area contributed by atoms with Gasteiger partial charge in [0.25, 0.3) is 11.8 Å². The number of hydrogen-bond acceptors (Lipinski definition) is 4. The number of anilines is 1. The van der Waals surface area contributed by atoms with E-state index in [4.69, 9.17) is 5.10 Å². The monoisotopic (exact) mass is 316 g/mol. The summed E-state index contributed by atoms with van der Waals surface area (Å²) < 4.78 is 0.206. The summed E-state index contributed by atoms with van der Waals surface area (Å²) in [4.78, 5) is 8.85. The maximum absolute atomic E-state index is 4.83. The molecular weight excluding hydrogens is 298 g/mol. The van der Waals surface area contributed by atoms with Crippen LogP contribution in [0.3, 0.4) is 0 Å². The zero-order chi connectivity index (χ0) is 16.6. The Bertz CT molecular complexity index is 888. The first-order valence-corrected chi connectivity index (χ1v) is 7.86. The number of benzene rings is 2. The first-order chi connectivity index (χ1) is 11.7. The molecule has 0 amide bonds. The topological polar surface area (TPSA) is 49.1 Å². The van der Waals surface area contributed by atoms with Gasteiger partial charge in [0.05, 0.1) is 6.20 Å². The molecular formula is C19H18N5+. The Morgan fingerprint density at radius 1 is 0.958 bits per heavy atom. The fraction of sp³-hybridized carbons (Fsp3) is 0.105. The molecule has 1 unspecified atom stereocenters. The van der Waals surface area contributed by atoms with E-state index in [0.717, 1.165) is 17.2 Å². The van der Waals surface area contributed by atoms with E-state index in [1.165, 1.54) is 11.1 Å². The third-order valence-electron chi connectivity index (χ3n) is 4.01. The summed E-state index contributed by atoms with van der Waals surface area (Å²) in [6, 6.07) is 16.4. The molecule has 0 saturated heterocycles. The van der Waals surface area contributed by atoms with Crippen molar-refractivity contribution in [3.63, 3.8) is 0 Å². The van der Waals surface area contributed by atoms with E-state index >= 15 is 0 Å². The van der Waals surface area contributed by atoms with Crippen LogP contribution in [-0.2, 0) is 0 Å². The Balaban J connectivity index is 1.74. The Kier molecular flexibility index (Phi) is 3.36. The number of nitrogens with zero attached hydrogens (tertiary/aromatic N) is 4. The maximum Gasteiger partial charge on any atom is 0.287 e. The lowest BCUT2D eigenvalue weighted by Crippen LogP contribution is -2.44. The van der Waals surface area contributed by atoms with Gasteiger partial charge >= 0.3 is 0 Å². The Morgan fingerprint density at radius 2 is 1.71 bits per heavy atom. The number of nitrogens with one attached hydrogen (secondary N) is 1. The molecule has 2 aromatic carbocycles. The lowest BCUT2D eigenvalue weighted by atomic mass is 10.1. The molecule has 2 aliphatic rings. The minimum atomic E-state index is 0.206. The Morgan fingerprint density at radius 3 is 2.46 bits per heavy atom. The largest absolute Gasteiger partial charge is 0.320 e. The van der Waals surface area contributed by atoms with Crippen molar-refractivity contribution in [3.05, 3.63) is 72.1 Å². The molecule has 1 N–H and O–H groups in total. The zero-order valence-electron chi connectivity index (χ0n) is 13.6. The van der Waals surface area contributed by atoms with Crippen LogP contribution in [0, 0.1) is 13.8 Å². The van der Waals surface area contributed by atoms with Gasteiger partial charge in [0, 0.05) is 17.8 Å². The van der Waals surface area contributed by atoms with Crippen molar-refractivity contribution < 1.29 is 0 Å². The molecule has 2 aliphatic heterocycles. The number of guanidine groups is 1. The molecule has 0 aliphatic carbocycles. The second-order valence-electron chi connectivity index (χ2n) is 5.99. The second-order valence-corrected chi connectivity index (χ2v) is 5.99. The summed E-state index contributed by atoms with van der Waals surface area (Å²) in [5.41, 5.74) is 4.42. The minimum absolute atomic E-state index is 0.206. The van der Waals surface area contributed by atoms with E-state index in [-0.39, 0.29) is 4.59 Å². The van der Waals surface area contributed by atoms with Crippen LogP contribution < -0.4 is 9.91 Å². The first kappa shape index (κ1) is 14.5. The van der Waals surface area contributed by atoms with Crippen LogP contribution in [0.5, 0.6) is 0 Å². The van der Waals surface area contributed by atoms with Crippen LogP contribution in [0.25, 0.3) is 0 Å². The number of fused-ring (bicyclic) bond motifs is 1. The van der Waals surface area contributed by atoms with Crippen molar-refractivity contribution in [3.8, 4) is 0 Å². The van der Waals surface area contributed by atoms with E-state index < -0.39 is 0 Å². The van der Waals surface area contributed by atoms with Crippen molar-refractivity contribution in [2.75, 3.05) is 5.32 Å². The molecule has 1 atom stereocenters. The van der Waals surface area contributed by atoms with Gasteiger partial charge in [-0.15, -0.1) is 0 Å². The molecule has 5 nitrogen and oxygen atoms in total. The number of para-hydroxylation sites is 1. The maximum atomic E-state index is 4.83. The van der Waals surface area contributed by atoms with Gasteiger partial charge in [-0.05, 0) is 42.2 Å². The van der Waals surface area contributed by atoms with Crippen molar-refractivity contribution >= 4 is 29.4 Å². The summed E-state index contributed by atoms with van der Waals surface area (Å²) >= 11 is 0. The van der Waals surface area contributed by atoms with E-state index in [2.05, 4.69) is 47.3 Å². The summed E-state index contributed by atoms with van der Waals surface area (Å²) in [7, 11) is 0. The van der Waals surface area contributed by atoms with Crippen LogP contribution in [-0.4, -0.2) is 18.0 Å². The van der Waals surface area contributed by atoms with Crippen molar-refractivity contribution in [1.29, 1.82) is 0 Å². The lowest BCUT2D eigenvalue weighted by molar-refractivity contribution is 0.592. The molecule has 2 aromatic rings. The SMILES string of the molecule is Cc1cc(C)cc(NC2=N[N+]3(c4ccccc4)C=CN=CC3=N2)c1. The standard InChI is InChI=1S/C19H18N5/c1-14-10-15(2)12-16(11-14)21-19-22-18-13-20-8-9-24(18,23-19)17-6-4-3-5-7-17/h3-13H,1-2H3,(H,21,23)/q+1. The normalized spacial score (nSPS) is 21.2. The molecule has 0 radical (unpaired) electrons. The average molecular weight is 316 g/mol. The minimum Gasteiger partial charge on any atom is -0.320 e. The van der Waals surface area contributed by atoms with Crippen LogP contribution in [0.2, 0.25) is 0 Å². The van der Waals surface area contributed by atoms with E-state index in [0.29, 0.717) is 5.96 Å². The second kappa shape index (κ2) is 5.54. The zero-order valence-corrected chi connectivity index (χ0v) is 13.6. The van der Waals surface area contributed by atoms with Gasteiger partial charge in [-0.2, -0.15) is 4.99 Å². The predicted octanol–water partition coefficient (Wildman–Crippen LogP) is 3.96. The summed E-state index contributed by atoms with van der Waals surface area (Å²) in [5, 5.41) is 8.15. The van der Waals surface area contributed by atoms with Gasteiger partial charge in [-0.1, -0.05) is 28.9 Å². The molecule has 0 aromatic heterocycles. The van der Waals surface area contributed by atoms with Gasteiger partial charge < -0.3 is 5.32 Å². The first-order valence-electron chi connectivity index (χ1n) is 7.86. The van der Waals surface area contributed by atoms with Crippen LogP contribution in [0.15, 0.2) is 76.0 Å². The number of amidine groups is 1. The van der Waals surface area contributed by atoms with Gasteiger partial charge in [0.15, 0.2) is 11.9 Å². The molecule has 0 saturated carbocycles. The predicted molar refractivity (Wildman–Crippen MR) is 100 cm³/mol. The molecule has 5 heteroatoms. The fourth-order valence-electron chi connectivity index (χ4n) is 3.04. The number of aryl methyl sites for hydroxylation is 2. The third kappa shape index (κ3) is 2.45. The van der Waals surface area contributed by atoms with Crippen LogP contribution in [0.1, 0.15) is 11.1 Å². The average Bonchev–Trinajstić information content (AvgIpc) is 2.93.